The average molecular weight is 782 g/mol. The zero-order valence-electron chi connectivity index (χ0n) is 25.7. The average Bonchev–Trinajstić information content (AvgIpc) is 3.70. The van der Waals surface area contributed by atoms with E-state index in [0.717, 1.165) is 0 Å². The van der Waals surface area contributed by atoms with Gasteiger partial charge in [-0.15, -0.1) is 0 Å². The molecular weight excluding hydrogens is 734 g/mol. The fourth-order valence-electron chi connectivity index (χ4n) is 5.83. The Bertz CT molecular complexity index is 1140. The van der Waals surface area contributed by atoms with Gasteiger partial charge < -0.3 is 24.8 Å². The molecule has 2 aliphatic rings. The van der Waals surface area contributed by atoms with E-state index in [1.807, 2.05) is 0 Å². The first kappa shape index (κ1) is 37.0. The maximum atomic E-state index is 2.39. The van der Waals surface area contributed by atoms with Crippen molar-refractivity contribution in [2.24, 2.45) is 0 Å². The molecule has 224 valence electrons. The van der Waals surface area contributed by atoms with Crippen molar-refractivity contribution in [2.75, 3.05) is 0 Å². The third-order valence-electron chi connectivity index (χ3n) is 8.42. The summed E-state index contributed by atoms with van der Waals surface area (Å²) in [5.74, 6) is 0. The van der Waals surface area contributed by atoms with Gasteiger partial charge >= 0.3 is 151 Å². The van der Waals surface area contributed by atoms with Crippen molar-refractivity contribution in [2.45, 2.75) is 104 Å². The van der Waals surface area contributed by atoms with Gasteiger partial charge in [0.25, 0.3) is 0 Å². The SMILES string of the molecule is CCCCc1ccc([Si](=[Hf+2])c2ccc(CCCC)cc2)cc1.[Cl-].[Cl-].c1cc2c([cH-]1)CCCC2.c1cc2c([cH-]1)CCCC2. The van der Waals surface area contributed by atoms with Crippen molar-refractivity contribution >= 4 is 15.9 Å². The van der Waals surface area contributed by atoms with Crippen molar-refractivity contribution in [3.63, 3.8) is 0 Å². The van der Waals surface area contributed by atoms with Gasteiger partial charge in [0.15, 0.2) is 0 Å². The van der Waals surface area contributed by atoms with Crippen molar-refractivity contribution in [3.8, 4) is 0 Å². The van der Waals surface area contributed by atoms with Gasteiger partial charge in [0.2, 0.25) is 0 Å². The van der Waals surface area contributed by atoms with Crippen LogP contribution in [0, 0.1) is 0 Å². The van der Waals surface area contributed by atoms with Crippen LogP contribution in [0.5, 0.6) is 0 Å². The summed E-state index contributed by atoms with van der Waals surface area (Å²) < 4.78 is 0. The first-order valence-corrected chi connectivity index (χ1v) is 22.8. The van der Waals surface area contributed by atoms with E-state index in [1.54, 1.807) is 32.6 Å². The summed E-state index contributed by atoms with van der Waals surface area (Å²) in [5.41, 5.74) is 8.91. The minimum atomic E-state index is -0.479. The summed E-state index contributed by atoms with van der Waals surface area (Å²) in [7, 11) is 0. The van der Waals surface area contributed by atoms with E-state index in [4.69, 9.17) is 0 Å². The second-order valence-electron chi connectivity index (χ2n) is 11.5. The molecule has 0 unspecified atom stereocenters. The third-order valence-corrected chi connectivity index (χ3v) is 16.5. The summed E-state index contributed by atoms with van der Waals surface area (Å²) in [6.07, 6.45) is 18.5. The molecular formula is C38H48Cl2HfSi-2. The van der Waals surface area contributed by atoms with E-state index in [9.17, 15) is 0 Å². The largest absolute Gasteiger partial charge is 1.00 e. The van der Waals surface area contributed by atoms with Crippen LogP contribution in [0.15, 0.2) is 84.9 Å². The van der Waals surface area contributed by atoms with Gasteiger partial charge in [-0.05, 0) is 0 Å². The molecule has 2 aliphatic carbocycles. The number of aryl methyl sites for hydroxylation is 6. The van der Waals surface area contributed by atoms with Gasteiger partial charge in [0, 0.05) is 0 Å². The Labute approximate surface area is 283 Å². The quantitative estimate of drug-likeness (QED) is 0.191. The zero-order valence-corrected chi connectivity index (χ0v) is 31.8. The molecule has 4 heteroatoms. The molecule has 0 nitrogen and oxygen atoms in total. The van der Waals surface area contributed by atoms with E-state index in [0.29, 0.717) is 0 Å². The molecule has 0 bridgehead atoms. The van der Waals surface area contributed by atoms with Crippen LogP contribution in [0.25, 0.3) is 0 Å². The van der Waals surface area contributed by atoms with Gasteiger partial charge in [-0.1, -0.05) is 51.4 Å². The Morgan fingerprint density at radius 3 is 1.31 bits per heavy atom. The summed E-state index contributed by atoms with van der Waals surface area (Å²) in [5, 5.41) is 3.16. The first-order valence-electron chi connectivity index (χ1n) is 15.9. The van der Waals surface area contributed by atoms with Gasteiger partial charge in [0.1, 0.15) is 0 Å². The second-order valence-corrected chi connectivity index (χ2v) is 18.8. The Hall–Kier alpha value is -1.19. The molecule has 0 fully saturated rings. The molecule has 42 heavy (non-hydrogen) atoms. The molecule has 0 saturated carbocycles. The number of unbranched alkanes of at least 4 members (excludes halogenated alkanes) is 2. The van der Waals surface area contributed by atoms with Crippen LogP contribution < -0.4 is 35.2 Å². The van der Waals surface area contributed by atoms with E-state index in [2.05, 4.69) is 98.8 Å². The van der Waals surface area contributed by atoms with Crippen molar-refractivity contribution in [3.05, 3.63) is 118 Å². The third kappa shape index (κ3) is 11.7. The zero-order chi connectivity index (χ0) is 28.0. The van der Waals surface area contributed by atoms with Gasteiger partial charge in [-0.2, -0.15) is 46.5 Å². The minimum absolute atomic E-state index is 0. The monoisotopic (exact) mass is 782 g/mol. The number of fused-ring (bicyclic) bond motifs is 2. The number of rotatable bonds is 8. The molecule has 4 aromatic carbocycles. The molecule has 0 atom stereocenters. The Balaban J connectivity index is 0.000000252. The molecule has 0 saturated heterocycles. The maximum Gasteiger partial charge on any atom is -0.0512 e. The van der Waals surface area contributed by atoms with Crippen LogP contribution in [0.1, 0.15) is 98.6 Å². The predicted octanol–water partition coefficient (Wildman–Crippen LogP) is 2.60. The van der Waals surface area contributed by atoms with Crippen molar-refractivity contribution < 1.29 is 47.8 Å². The van der Waals surface area contributed by atoms with Crippen LogP contribution in [0.4, 0.5) is 0 Å². The molecule has 0 spiro atoms. The van der Waals surface area contributed by atoms with Crippen LogP contribution in [-0.4, -0.2) is 5.49 Å². The van der Waals surface area contributed by atoms with Gasteiger partial charge in [-0.3, -0.25) is 0 Å². The van der Waals surface area contributed by atoms with Crippen LogP contribution in [0.2, 0.25) is 0 Å². The fourth-order valence-corrected chi connectivity index (χ4v) is 10.8. The van der Waals surface area contributed by atoms with Gasteiger partial charge in [-0.25, -0.2) is 12.1 Å². The maximum absolute atomic E-state index is 2.39. The summed E-state index contributed by atoms with van der Waals surface area (Å²) in [6.45, 7) is 4.52. The summed E-state index contributed by atoms with van der Waals surface area (Å²) >= 11 is 1.27. The summed E-state index contributed by atoms with van der Waals surface area (Å²) in [4.78, 5) is 0. The standard InChI is InChI=1S/C20H26Si.2C9H11.2ClH.Hf/c1-3-5-7-17-9-13-19(14-10-17)21-20-15-11-18(12-16-20)8-6-4-2;2*1-2-5-9-7-3-6-8(9)4-1;;;/h9-16H,3-8H2,1-2H3;2*3,6-7H,1-2,4-5H2;2*1H;/q;2*-1;;;+2/p-2. The summed E-state index contributed by atoms with van der Waals surface area (Å²) in [6, 6.07) is 32.3. The number of hydrogen-bond acceptors (Lipinski definition) is 0. The van der Waals surface area contributed by atoms with E-state index in [1.165, 1.54) is 124 Å². The van der Waals surface area contributed by atoms with Crippen molar-refractivity contribution in [1.82, 2.24) is 0 Å². The molecule has 0 heterocycles. The number of benzene rings is 2. The Morgan fingerprint density at radius 1 is 0.571 bits per heavy atom. The first-order chi connectivity index (χ1) is 19.7. The minimum Gasteiger partial charge on any atom is -1.00 e. The molecule has 0 amide bonds. The van der Waals surface area contributed by atoms with Crippen LogP contribution >= 0.6 is 0 Å². The van der Waals surface area contributed by atoms with E-state index < -0.39 is 5.49 Å². The normalized spacial score (nSPS) is 13.0. The molecule has 6 rings (SSSR count). The molecule has 0 aromatic heterocycles. The number of hydrogen-bond donors (Lipinski definition) is 0. The van der Waals surface area contributed by atoms with E-state index in [-0.39, 0.29) is 24.8 Å². The Kier molecular flexibility index (Phi) is 18.2. The van der Waals surface area contributed by atoms with Gasteiger partial charge in [0.05, 0.1) is 0 Å². The topological polar surface area (TPSA) is 0 Å². The molecule has 4 aromatic rings. The molecule has 0 radical (unpaired) electrons. The molecule has 0 aliphatic heterocycles. The molecule has 0 N–H and O–H groups in total. The Morgan fingerprint density at radius 2 is 0.952 bits per heavy atom. The second kappa shape index (κ2) is 20.7. The van der Waals surface area contributed by atoms with E-state index >= 15 is 0 Å². The number of halogens is 2. The fraction of sp³-hybridized carbons (Fsp3) is 0.421. The smallest absolute Gasteiger partial charge is 0.0512 e. The van der Waals surface area contributed by atoms with Crippen LogP contribution in [-0.2, 0) is 61.5 Å². The predicted molar refractivity (Wildman–Crippen MR) is 172 cm³/mol. The van der Waals surface area contributed by atoms with Crippen LogP contribution in [0.3, 0.4) is 0 Å². The van der Waals surface area contributed by atoms with Crippen molar-refractivity contribution in [1.29, 1.82) is 0 Å².